The number of hydrogen-bond acceptors (Lipinski definition) is 2. The maximum atomic E-state index is 12.3. The largest absolute Gasteiger partial charge is 0.481 e. The molecule has 0 aromatic rings. The number of carboxylic acids is 1. The summed E-state index contributed by atoms with van der Waals surface area (Å²) >= 11 is 0. The molecule has 4 atom stereocenters. The van der Waals surface area contributed by atoms with Crippen LogP contribution >= 0.6 is 0 Å². The second kappa shape index (κ2) is 5.76. The van der Waals surface area contributed by atoms with E-state index in [0.717, 1.165) is 19.3 Å². The molecule has 0 aromatic carbocycles. The number of fused-ring (bicyclic) bond motifs is 2. The van der Waals surface area contributed by atoms with Crippen molar-refractivity contribution in [3.8, 4) is 0 Å². The van der Waals surface area contributed by atoms with E-state index in [9.17, 15) is 14.7 Å². The zero-order valence-electron chi connectivity index (χ0n) is 11.6. The van der Waals surface area contributed by atoms with Crippen molar-refractivity contribution in [3.63, 3.8) is 0 Å². The summed E-state index contributed by atoms with van der Waals surface area (Å²) in [5, 5.41) is 12.3. The Kier molecular flexibility index (Phi) is 4.27. The van der Waals surface area contributed by atoms with E-state index in [4.69, 9.17) is 0 Å². The summed E-state index contributed by atoms with van der Waals surface area (Å²) in [6.45, 7) is 4.89. The molecule has 1 saturated carbocycles. The first kappa shape index (κ1) is 14.1. The molecule has 2 rings (SSSR count). The van der Waals surface area contributed by atoms with Crippen LogP contribution in [0.1, 0.15) is 33.1 Å². The van der Waals surface area contributed by atoms with E-state index in [2.05, 4.69) is 19.2 Å². The Hall–Kier alpha value is -1.32. The van der Waals surface area contributed by atoms with Gasteiger partial charge in [-0.2, -0.15) is 0 Å². The lowest BCUT2D eigenvalue weighted by molar-refractivity contribution is -0.147. The van der Waals surface area contributed by atoms with Crippen LogP contribution < -0.4 is 5.32 Å². The van der Waals surface area contributed by atoms with E-state index in [1.165, 1.54) is 0 Å². The van der Waals surface area contributed by atoms with Gasteiger partial charge in [0.1, 0.15) is 0 Å². The Labute approximate surface area is 114 Å². The average molecular weight is 265 g/mol. The number of aliphatic carboxylic acids is 1. The molecular formula is C15H23NO3. The van der Waals surface area contributed by atoms with Gasteiger partial charge in [0.2, 0.25) is 5.91 Å². The fraction of sp³-hybridized carbons (Fsp3) is 0.733. The molecule has 19 heavy (non-hydrogen) atoms. The molecule has 2 N–H and O–H groups in total. The van der Waals surface area contributed by atoms with Crippen molar-refractivity contribution in [2.24, 2.45) is 29.6 Å². The Bertz CT molecular complexity index is 387. The number of carbonyl (C=O) groups is 2. The molecule has 0 aliphatic heterocycles. The van der Waals surface area contributed by atoms with Crippen LogP contribution in [0.5, 0.6) is 0 Å². The molecular weight excluding hydrogens is 242 g/mol. The third kappa shape index (κ3) is 2.67. The lowest BCUT2D eigenvalue weighted by Gasteiger charge is -2.24. The summed E-state index contributed by atoms with van der Waals surface area (Å²) in [5.41, 5.74) is 0. The molecule has 4 heteroatoms. The van der Waals surface area contributed by atoms with Gasteiger partial charge in [-0.15, -0.1) is 0 Å². The highest BCUT2D eigenvalue weighted by atomic mass is 16.4. The Balaban J connectivity index is 1.98. The van der Waals surface area contributed by atoms with Crippen molar-refractivity contribution in [2.75, 3.05) is 6.54 Å². The van der Waals surface area contributed by atoms with Crippen molar-refractivity contribution >= 4 is 11.9 Å². The van der Waals surface area contributed by atoms with Gasteiger partial charge in [0.15, 0.2) is 0 Å². The Morgan fingerprint density at radius 1 is 1.21 bits per heavy atom. The molecule has 1 amide bonds. The minimum Gasteiger partial charge on any atom is -0.481 e. The third-order valence-electron chi connectivity index (χ3n) is 4.77. The molecule has 2 unspecified atom stereocenters. The van der Waals surface area contributed by atoms with Crippen LogP contribution in [0.25, 0.3) is 0 Å². The van der Waals surface area contributed by atoms with Crippen LogP contribution in [-0.4, -0.2) is 23.5 Å². The van der Waals surface area contributed by atoms with Crippen LogP contribution in [0.4, 0.5) is 0 Å². The van der Waals surface area contributed by atoms with Crippen LogP contribution in [0.3, 0.4) is 0 Å². The number of rotatable bonds is 6. The second-order valence-corrected chi connectivity index (χ2v) is 5.77. The summed E-state index contributed by atoms with van der Waals surface area (Å²) in [6, 6.07) is 0. The molecule has 0 saturated heterocycles. The first-order valence-corrected chi connectivity index (χ1v) is 7.27. The van der Waals surface area contributed by atoms with Crippen molar-refractivity contribution in [2.45, 2.75) is 33.1 Å². The monoisotopic (exact) mass is 265 g/mol. The summed E-state index contributed by atoms with van der Waals surface area (Å²) in [5.74, 6) is -1.16. The minimum atomic E-state index is -0.834. The van der Waals surface area contributed by atoms with Crippen LogP contribution in [-0.2, 0) is 9.59 Å². The maximum absolute atomic E-state index is 12.3. The minimum absolute atomic E-state index is 0.0476. The van der Waals surface area contributed by atoms with E-state index in [1.54, 1.807) is 0 Å². The lowest BCUT2D eigenvalue weighted by atomic mass is 9.82. The molecule has 0 spiro atoms. The van der Waals surface area contributed by atoms with Gasteiger partial charge in [0.05, 0.1) is 11.8 Å². The predicted octanol–water partition coefficient (Wildman–Crippen LogP) is 2.06. The zero-order chi connectivity index (χ0) is 14.0. The zero-order valence-corrected chi connectivity index (χ0v) is 11.6. The van der Waals surface area contributed by atoms with E-state index in [1.807, 2.05) is 12.2 Å². The molecule has 0 heterocycles. The van der Waals surface area contributed by atoms with E-state index in [0.29, 0.717) is 12.5 Å². The van der Waals surface area contributed by atoms with Gasteiger partial charge in [-0.05, 0) is 24.2 Å². The Morgan fingerprint density at radius 2 is 1.79 bits per heavy atom. The van der Waals surface area contributed by atoms with Gasteiger partial charge in [0, 0.05) is 6.54 Å². The average Bonchev–Trinajstić information content (AvgIpc) is 2.99. The quantitative estimate of drug-likeness (QED) is 0.722. The standard InChI is InChI=1S/C15H23NO3/c1-3-9(4-2)8-16-14(17)12-10-5-6-11(7-10)13(12)15(18)19/h5-6,9-13H,3-4,7-8H2,1-2H3,(H,16,17)(H,18,19)/t10?,11?,12-,13+/m0/s1. The lowest BCUT2D eigenvalue weighted by Crippen LogP contribution is -2.41. The predicted molar refractivity (Wildman–Crippen MR) is 72.4 cm³/mol. The molecule has 1 fully saturated rings. The fourth-order valence-corrected chi connectivity index (χ4v) is 3.46. The van der Waals surface area contributed by atoms with E-state index < -0.39 is 11.9 Å². The summed E-state index contributed by atoms with van der Waals surface area (Å²) in [6.07, 6.45) is 6.88. The molecule has 2 aliphatic rings. The van der Waals surface area contributed by atoms with Gasteiger partial charge in [-0.1, -0.05) is 38.8 Å². The number of allylic oxidation sites excluding steroid dienone is 2. The third-order valence-corrected chi connectivity index (χ3v) is 4.77. The molecule has 2 bridgehead atoms. The van der Waals surface area contributed by atoms with E-state index >= 15 is 0 Å². The van der Waals surface area contributed by atoms with Gasteiger partial charge >= 0.3 is 5.97 Å². The highest BCUT2D eigenvalue weighted by molar-refractivity contribution is 5.86. The molecule has 2 aliphatic carbocycles. The summed E-state index contributed by atoms with van der Waals surface area (Å²) in [7, 11) is 0. The van der Waals surface area contributed by atoms with Crippen LogP contribution in [0.15, 0.2) is 12.2 Å². The van der Waals surface area contributed by atoms with Crippen LogP contribution in [0.2, 0.25) is 0 Å². The topological polar surface area (TPSA) is 66.4 Å². The first-order valence-electron chi connectivity index (χ1n) is 7.27. The smallest absolute Gasteiger partial charge is 0.307 e. The normalized spacial score (nSPS) is 31.9. The molecule has 4 nitrogen and oxygen atoms in total. The molecule has 0 radical (unpaired) electrons. The number of nitrogens with one attached hydrogen (secondary N) is 1. The van der Waals surface area contributed by atoms with Gasteiger partial charge < -0.3 is 10.4 Å². The number of amides is 1. The van der Waals surface area contributed by atoms with Gasteiger partial charge in [0.25, 0.3) is 0 Å². The van der Waals surface area contributed by atoms with Crippen molar-refractivity contribution < 1.29 is 14.7 Å². The van der Waals surface area contributed by atoms with Crippen molar-refractivity contribution in [1.29, 1.82) is 0 Å². The Morgan fingerprint density at radius 3 is 2.32 bits per heavy atom. The molecule has 106 valence electrons. The van der Waals surface area contributed by atoms with Crippen molar-refractivity contribution in [3.05, 3.63) is 12.2 Å². The summed E-state index contributed by atoms with van der Waals surface area (Å²) in [4.78, 5) is 23.6. The highest BCUT2D eigenvalue weighted by Crippen LogP contribution is 2.48. The van der Waals surface area contributed by atoms with E-state index in [-0.39, 0.29) is 23.7 Å². The molecule has 0 aromatic heterocycles. The number of carbonyl (C=O) groups excluding carboxylic acids is 1. The van der Waals surface area contributed by atoms with Gasteiger partial charge in [-0.25, -0.2) is 0 Å². The first-order chi connectivity index (χ1) is 9.08. The highest BCUT2D eigenvalue weighted by Gasteiger charge is 2.51. The van der Waals surface area contributed by atoms with Crippen molar-refractivity contribution in [1.82, 2.24) is 5.32 Å². The second-order valence-electron chi connectivity index (χ2n) is 5.77. The SMILES string of the molecule is CCC(CC)CNC(=O)[C@H]1C2C=CC(C2)[C@H]1C(=O)O. The number of carboxylic acid groups (broad SMARTS) is 1. The fourth-order valence-electron chi connectivity index (χ4n) is 3.46. The number of hydrogen-bond donors (Lipinski definition) is 2. The summed E-state index contributed by atoms with van der Waals surface area (Å²) < 4.78 is 0. The van der Waals surface area contributed by atoms with Gasteiger partial charge in [-0.3, -0.25) is 9.59 Å². The maximum Gasteiger partial charge on any atom is 0.307 e. The van der Waals surface area contributed by atoms with Crippen LogP contribution in [0, 0.1) is 29.6 Å².